The van der Waals surface area contributed by atoms with Crippen LogP contribution in [0.2, 0.25) is 0 Å². The minimum Gasteiger partial charge on any atom is -0.493 e. The maximum Gasteiger partial charge on any atom is 0.161 e. The van der Waals surface area contributed by atoms with E-state index in [0.717, 1.165) is 27.6 Å². The summed E-state index contributed by atoms with van der Waals surface area (Å²) in [5, 5.41) is 2.22. The van der Waals surface area contributed by atoms with Crippen molar-refractivity contribution in [3.05, 3.63) is 47.5 Å². The van der Waals surface area contributed by atoms with Crippen molar-refractivity contribution in [2.45, 2.75) is 13.8 Å². The number of methoxy groups -OCH3 is 4. The predicted molar refractivity (Wildman–Crippen MR) is 105 cm³/mol. The summed E-state index contributed by atoms with van der Waals surface area (Å²) >= 11 is 0. The molecular formula is C22H24O4. The van der Waals surface area contributed by atoms with Crippen LogP contribution in [0.4, 0.5) is 0 Å². The van der Waals surface area contributed by atoms with Crippen molar-refractivity contribution in [3.8, 4) is 34.1 Å². The van der Waals surface area contributed by atoms with Crippen LogP contribution in [0.15, 0.2) is 36.4 Å². The van der Waals surface area contributed by atoms with E-state index in [1.165, 1.54) is 11.1 Å². The molecule has 0 aliphatic rings. The van der Waals surface area contributed by atoms with Crippen LogP contribution in [0.1, 0.15) is 11.1 Å². The third-order valence-corrected chi connectivity index (χ3v) is 4.84. The van der Waals surface area contributed by atoms with Gasteiger partial charge in [-0.05, 0) is 71.1 Å². The predicted octanol–water partition coefficient (Wildman–Crippen LogP) is 5.16. The Morgan fingerprint density at radius 2 is 1.19 bits per heavy atom. The van der Waals surface area contributed by atoms with E-state index in [2.05, 4.69) is 26.0 Å². The Morgan fingerprint density at radius 3 is 1.81 bits per heavy atom. The second-order valence-electron chi connectivity index (χ2n) is 6.19. The van der Waals surface area contributed by atoms with Crippen molar-refractivity contribution in [2.75, 3.05) is 28.4 Å². The maximum absolute atomic E-state index is 5.52. The van der Waals surface area contributed by atoms with E-state index in [9.17, 15) is 0 Å². The first-order chi connectivity index (χ1) is 12.5. The molecule has 0 saturated heterocycles. The van der Waals surface area contributed by atoms with Gasteiger partial charge < -0.3 is 18.9 Å². The summed E-state index contributed by atoms with van der Waals surface area (Å²) in [5.74, 6) is 2.86. The van der Waals surface area contributed by atoms with Crippen LogP contribution < -0.4 is 18.9 Å². The number of hydrogen-bond donors (Lipinski definition) is 0. The van der Waals surface area contributed by atoms with E-state index < -0.39 is 0 Å². The monoisotopic (exact) mass is 352 g/mol. The molecule has 0 heterocycles. The van der Waals surface area contributed by atoms with Gasteiger partial charge in [0.05, 0.1) is 28.4 Å². The molecule has 0 bridgehead atoms. The van der Waals surface area contributed by atoms with Gasteiger partial charge in [0.25, 0.3) is 0 Å². The zero-order chi connectivity index (χ0) is 18.8. The molecule has 0 aliphatic heterocycles. The lowest BCUT2D eigenvalue weighted by molar-refractivity contribution is 0.355. The summed E-state index contributed by atoms with van der Waals surface area (Å²) in [6.07, 6.45) is 0. The average Bonchev–Trinajstić information content (AvgIpc) is 2.67. The number of aryl methyl sites for hydroxylation is 1. The van der Waals surface area contributed by atoms with E-state index in [0.29, 0.717) is 17.2 Å². The fraction of sp³-hybridized carbons (Fsp3) is 0.273. The van der Waals surface area contributed by atoms with Crippen molar-refractivity contribution in [1.82, 2.24) is 0 Å². The van der Waals surface area contributed by atoms with Gasteiger partial charge in [-0.3, -0.25) is 0 Å². The highest BCUT2D eigenvalue weighted by Crippen LogP contribution is 2.42. The first-order valence-corrected chi connectivity index (χ1v) is 8.42. The molecule has 0 saturated carbocycles. The summed E-state index contributed by atoms with van der Waals surface area (Å²) < 4.78 is 21.8. The summed E-state index contributed by atoms with van der Waals surface area (Å²) in [4.78, 5) is 0. The number of ether oxygens (including phenoxy) is 4. The Kier molecular flexibility index (Phi) is 4.94. The summed E-state index contributed by atoms with van der Waals surface area (Å²) in [7, 11) is 6.60. The van der Waals surface area contributed by atoms with Crippen LogP contribution >= 0.6 is 0 Å². The lowest BCUT2D eigenvalue weighted by Gasteiger charge is -2.17. The van der Waals surface area contributed by atoms with Crippen LogP contribution in [0.5, 0.6) is 23.0 Å². The van der Waals surface area contributed by atoms with Gasteiger partial charge in [-0.1, -0.05) is 12.1 Å². The molecular weight excluding hydrogens is 328 g/mol. The molecule has 0 radical (unpaired) electrons. The van der Waals surface area contributed by atoms with Crippen molar-refractivity contribution in [1.29, 1.82) is 0 Å². The van der Waals surface area contributed by atoms with Crippen LogP contribution in [0, 0.1) is 13.8 Å². The average molecular weight is 352 g/mol. The van der Waals surface area contributed by atoms with Crippen LogP contribution in [-0.2, 0) is 0 Å². The minimum atomic E-state index is 0.708. The van der Waals surface area contributed by atoms with Gasteiger partial charge in [0, 0.05) is 0 Å². The summed E-state index contributed by atoms with van der Waals surface area (Å²) in [5.41, 5.74) is 4.66. The van der Waals surface area contributed by atoms with E-state index >= 15 is 0 Å². The lowest BCUT2D eigenvalue weighted by Crippen LogP contribution is -1.96. The van der Waals surface area contributed by atoms with Gasteiger partial charge in [-0.2, -0.15) is 0 Å². The standard InChI is InChI=1S/C22H24O4/c1-13-9-16-11-20(25-5)21(26-6)12-17(16)22(14(13)2)15-7-8-18(23-3)19(10-15)24-4/h7-12H,1-6H3. The number of fused-ring (bicyclic) bond motifs is 1. The second-order valence-corrected chi connectivity index (χ2v) is 6.19. The van der Waals surface area contributed by atoms with Gasteiger partial charge in [0.15, 0.2) is 23.0 Å². The molecule has 0 spiro atoms. The molecule has 0 unspecified atom stereocenters. The largest absolute Gasteiger partial charge is 0.493 e. The molecule has 0 amide bonds. The summed E-state index contributed by atoms with van der Waals surface area (Å²) in [6, 6.07) is 12.2. The third-order valence-electron chi connectivity index (χ3n) is 4.84. The Bertz CT molecular complexity index is 960. The van der Waals surface area contributed by atoms with Crippen molar-refractivity contribution >= 4 is 10.8 Å². The van der Waals surface area contributed by atoms with Gasteiger partial charge in [0.1, 0.15) is 0 Å². The molecule has 26 heavy (non-hydrogen) atoms. The molecule has 3 aromatic carbocycles. The van der Waals surface area contributed by atoms with Crippen LogP contribution in [0.25, 0.3) is 21.9 Å². The molecule has 3 rings (SSSR count). The van der Waals surface area contributed by atoms with Gasteiger partial charge >= 0.3 is 0 Å². The highest BCUT2D eigenvalue weighted by Gasteiger charge is 2.16. The van der Waals surface area contributed by atoms with E-state index in [-0.39, 0.29) is 0 Å². The highest BCUT2D eigenvalue weighted by atomic mass is 16.5. The molecule has 0 fully saturated rings. The Hall–Kier alpha value is -2.88. The van der Waals surface area contributed by atoms with Gasteiger partial charge in [-0.25, -0.2) is 0 Å². The maximum atomic E-state index is 5.52. The Labute approximate surface area is 154 Å². The number of benzene rings is 3. The highest BCUT2D eigenvalue weighted by molar-refractivity contribution is 6.01. The quantitative estimate of drug-likeness (QED) is 0.636. The van der Waals surface area contributed by atoms with Crippen LogP contribution in [0.3, 0.4) is 0 Å². The molecule has 0 N–H and O–H groups in total. The van der Waals surface area contributed by atoms with Gasteiger partial charge in [-0.15, -0.1) is 0 Å². The van der Waals surface area contributed by atoms with Gasteiger partial charge in [0.2, 0.25) is 0 Å². The lowest BCUT2D eigenvalue weighted by atomic mass is 9.90. The zero-order valence-corrected chi connectivity index (χ0v) is 16.1. The molecule has 136 valence electrons. The summed E-state index contributed by atoms with van der Waals surface area (Å²) in [6.45, 7) is 4.26. The van der Waals surface area contributed by atoms with Crippen molar-refractivity contribution in [2.24, 2.45) is 0 Å². The first kappa shape index (κ1) is 17.9. The normalized spacial score (nSPS) is 10.7. The fourth-order valence-corrected chi connectivity index (χ4v) is 3.34. The zero-order valence-electron chi connectivity index (χ0n) is 16.1. The van der Waals surface area contributed by atoms with Crippen LogP contribution in [-0.4, -0.2) is 28.4 Å². The number of hydrogen-bond acceptors (Lipinski definition) is 4. The second kappa shape index (κ2) is 7.16. The van der Waals surface area contributed by atoms with E-state index in [4.69, 9.17) is 18.9 Å². The van der Waals surface area contributed by atoms with E-state index in [1.54, 1.807) is 28.4 Å². The molecule has 0 atom stereocenters. The molecule has 3 aromatic rings. The fourth-order valence-electron chi connectivity index (χ4n) is 3.34. The molecule has 4 nitrogen and oxygen atoms in total. The molecule has 0 aromatic heterocycles. The first-order valence-electron chi connectivity index (χ1n) is 8.42. The number of rotatable bonds is 5. The Balaban J connectivity index is 2.36. The van der Waals surface area contributed by atoms with E-state index in [1.807, 2.05) is 24.3 Å². The topological polar surface area (TPSA) is 36.9 Å². The molecule has 0 aliphatic carbocycles. The smallest absolute Gasteiger partial charge is 0.161 e. The minimum absolute atomic E-state index is 0.708. The molecule has 4 heteroatoms. The third kappa shape index (κ3) is 2.92. The van der Waals surface area contributed by atoms with Crippen molar-refractivity contribution in [3.63, 3.8) is 0 Å². The van der Waals surface area contributed by atoms with Crippen molar-refractivity contribution < 1.29 is 18.9 Å². The SMILES string of the molecule is COc1ccc(-c2c(C)c(C)cc3cc(OC)c(OC)cc23)cc1OC. The Morgan fingerprint density at radius 1 is 0.615 bits per heavy atom.